The lowest BCUT2D eigenvalue weighted by molar-refractivity contribution is -0.137. The van der Waals surface area contributed by atoms with Crippen LogP contribution in [-0.2, 0) is 6.18 Å². The number of nitrogens with zero attached hydrogens (tertiary/aromatic N) is 2. The number of carbonyl (C=O) groups is 1. The van der Waals surface area contributed by atoms with Gasteiger partial charge in [-0.1, -0.05) is 12.1 Å². The second kappa shape index (κ2) is 9.03. The topological polar surface area (TPSA) is 45.2 Å². The van der Waals surface area contributed by atoms with Gasteiger partial charge in [-0.25, -0.2) is 4.98 Å². The summed E-state index contributed by atoms with van der Waals surface area (Å²) in [7, 11) is 1.73. The fourth-order valence-electron chi connectivity index (χ4n) is 2.65. The van der Waals surface area contributed by atoms with Crippen LogP contribution in [0.2, 0.25) is 0 Å². The molecule has 1 aromatic heterocycles. The maximum absolute atomic E-state index is 12.8. The first-order valence-corrected chi connectivity index (χ1v) is 8.35. The lowest BCUT2D eigenvalue weighted by Gasteiger charge is -2.22. The molecule has 1 unspecified atom stereocenters. The fourth-order valence-corrected chi connectivity index (χ4v) is 3.44. The van der Waals surface area contributed by atoms with E-state index in [0.717, 1.165) is 31.6 Å². The Kier molecular flexibility index (Phi) is 7.88. The number of carbonyl (C=O) groups excluding carboxylic acids is 1. The molecule has 1 N–H and O–H groups in total. The predicted octanol–water partition coefficient (Wildman–Crippen LogP) is 4.11. The van der Waals surface area contributed by atoms with Gasteiger partial charge in [0.2, 0.25) is 0 Å². The smallest absolute Gasteiger partial charge is 0.336 e. The average molecular weight is 428 g/mol. The van der Waals surface area contributed by atoms with E-state index in [1.807, 2.05) is 0 Å². The third-order valence-electron chi connectivity index (χ3n) is 4.06. The highest BCUT2D eigenvalue weighted by Crippen LogP contribution is 2.33. The van der Waals surface area contributed by atoms with Crippen molar-refractivity contribution in [3.63, 3.8) is 0 Å². The van der Waals surface area contributed by atoms with Crippen LogP contribution in [0.4, 0.5) is 13.2 Å². The van der Waals surface area contributed by atoms with Gasteiger partial charge in [-0.15, -0.1) is 36.2 Å². The van der Waals surface area contributed by atoms with E-state index in [4.69, 9.17) is 0 Å². The highest BCUT2D eigenvalue weighted by Gasteiger charge is 2.31. The molecule has 0 bridgehead atoms. The summed E-state index contributed by atoms with van der Waals surface area (Å²) in [6.07, 6.45) is -3.52. The number of thiazole rings is 1. The Bertz CT molecular complexity index is 748. The summed E-state index contributed by atoms with van der Waals surface area (Å²) in [6.45, 7) is 1.61. The van der Waals surface area contributed by atoms with Gasteiger partial charge >= 0.3 is 6.18 Å². The van der Waals surface area contributed by atoms with E-state index in [1.54, 1.807) is 23.4 Å². The molecular formula is C16H18Cl2F3N3OS. The number of amides is 1. The summed E-state index contributed by atoms with van der Waals surface area (Å²) in [5.74, 6) is -0.210. The zero-order valence-electron chi connectivity index (χ0n) is 13.7. The van der Waals surface area contributed by atoms with Gasteiger partial charge in [-0.3, -0.25) is 4.79 Å². The molecule has 0 radical (unpaired) electrons. The number of aromatic nitrogens is 1. The molecule has 1 aliphatic rings. The summed E-state index contributed by atoms with van der Waals surface area (Å²) in [6, 6.07) is 5.10. The van der Waals surface area contributed by atoms with Crippen molar-refractivity contribution < 1.29 is 18.0 Å². The maximum Gasteiger partial charge on any atom is 0.416 e. The van der Waals surface area contributed by atoms with E-state index in [-0.39, 0.29) is 42.5 Å². The van der Waals surface area contributed by atoms with Gasteiger partial charge in [0.15, 0.2) is 0 Å². The normalized spacial score (nSPS) is 16.5. The standard InChI is InChI=1S/C16H16F3N3OS.2ClH/c1-22(12-5-6-20-8-12)15(23)13-9-24-14(21-13)10-3-2-4-11(7-10)16(17,18)19;;/h2-4,7,9,12,20H,5-6,8H2,1H3;2*1H. The molecule has 1 atom stereocenters. The Labute approximate surface area is 165 Å². The van der Waals surface area contributed by atoms with E-state index in [1.165, 1.54) is 17.4 Å². The van der Waals surface area contributed by atoms with E-state index in [9.17, 15) is 18.0 Å². The first-order chi connectivity index (χ1) is 11.4. The van der Waals surface area contributed by atoms with Crippen molar-refractivity contribution in [3.8, 4) is 10.6 Å². The monoisotopic (exact) mass is 427 g/mol. The predicted molar refractivity (Wildman–Crippen MR) is 100 cm³/mol. The summed E-state index contributed by atoms with van der Waals surface area (Å²) in [5, 5.41) is 5.19. The van der Waals surface area contributed by atoms with Gasteiger partial charge in [-0.05, 0) is 25.1 Å². The Balaban J connectivity index is 0.00000169. The average Bonchev–Trinajstić information content (AvgIpc) is 3.24. The molecule has 0 saturated carbocycles. The second-order valence-corrected chi connectivity index (χ2v) is 6.54. The number of rotatable bonds is 3. The molecule has 10 heteroatoms. The van der Waals surface area contributed by atoms with Gasteiger partial charge in [0.05, 0.1) is 5.56 Å². The number of hydrogen-bond donors (Lipinski definition) is 1. The van der Waals surface area contributed by atoms with Gasteiger partial charge < -0.3 is 10.2 Å². The molecular weight excluding hydrogens is 410 g/mol. The Hall–Kier alpha value is -1.35. The zero-order chi connectivity index (χ0) is 17.3. The number of alkyl halides is 3. The minimum atomic E-state index is -4.40. The molecule has 1 amide bonds. The number of halogens is 5. The number of nitrogens with one attached hydrogen (secondary N) is 1. The maximum atomic E-state index is 12.8. The highest BCUT2D eigenvalue weighted by atomic mass is 35.5. The van der Waals surface area contributed by atoms with Gasteiger partial charge in [0.1, 0.15) is 10.7 Å². The molecule has 4 nitrogen and oxygen atoms in total. The van der Waals surface area contributed by atoms with E-state index < -0.39 is 11.7 Å². The zero-order valence-corrected chi connectivity index (χ0v) is 16.2. The number of hydrogen-bond acceptors (Lipinski definition) is 4. The van der Waals surface area contributed by atoms with Gasteiger partial charge in [-0.2, -0.15) is 13.2 Å². The van der Waals surface area contributed by atoms with Crippen LogP contribution in [0.3, 0.4) is 0 Å². The summed E-state index contributed by atoms with van der Waals surface area (Å²) in [4.78, 5) is 18.3. The quantitative estimate of drug-likeness (QED) is 0.801. The van der Waals surface area contributed by atoms with Gasteiger partial charge in [0, 0.05) is 30.6 Å². The summed E-state index contributed by atoms with van der Waals surface area (Å²) < 4.78 is 38.4. The van der Waals surface area contributed by atoms with E-state index in [2.05, 4.69) is 10.3 Å². The minimum Gasteiger partial charge on any atom is -0.336 e. The Morgan fingerprint density at radius 1 is 1.35 bits per heavy atom. The van der Waals surface area contributed by atoms with Crippen molar-refractivity contribution in [2.45, 2.75) is 18.6 Å². The molecule has 1 aliphatic heterocycles. The first-order valence-electron chi connectivity index (χ1n) is 7.47. The van der Waals surface area contributed by atoms with Crippen molar-refractivity contribution in [1.82, 2.24) is 15.2 Å². The lowest BCUT2D eigenvalue weighted by Crippen LogP contribution is -2.38. The number of likely N-dealkylation sites (N-methyl/N-ethyl adjacent to an activating group) is 1. The van der Waals surface area contributed by atoms with Crippen LogP contribution in [0.5, 0.6) is 0 Å². The Morgan fingerprint density at radius 3 is 2.69 bits per heavy atom. The van der Waals surface area contributed by atoms with Crippen LogP contribution < -0.4 is 5.32 Å². The Morgan fingerprint density at radius 2 is 2.08 bits per heavy atom. The molecule has 144 valence electrons. The molecule has 0 aliphatic carbocycles. The van der Waals surface area contributed by atoms with Crippen LogP contribution in [-0.4, -0.2) is 42.0 Å². The molecule has 2 aromatic rings. The molecule has 0 spiro atoms. The first kappa shape index (κ1) is 22.7. The third kappa shape index (κ3) is 4.88. The molecule has 26 heavy (non-hydrogen) atoms. The van der Waals surface area contributed by atoms with E-state index >= 15 is 0 Å². The lowest BCUT2D eigenvalue weighted by atomic mass is 10.1. The fraction of sp³-hybridized carbons (Fsp3) is 0.375. The van der Waals surface area contributed by atoms with Crippen LogP contribution in [0.1, 0.15) is 22.5 Å². The van der Waals surface area contributed by atoms with Crippen molar-refractivity contribution in [2.75, 3.05) is 20.1 Å². The van der Waals surface area contributed by atoms with Crippen molar-refractivity contribution in [1.29, 1.82) is 0 Å². The largest absolute Gasteiger partial charge is 0.416 e. The second-order valence-electron chi connectivity index (χ2n) is 5.68. The molecule has 1 saturated heterocycles. The highest BCUT2D eigenvalue weighted by molar-refractivity contribution is 7.13. The van der Waals surface area contributed by atoms with Crippen LogP contribution in [0.15, 0.2) is 29.6 Å². The van der Waals surface area contributed by atoms with Crippen molar-refractivity contribution >= 4 is 42.1 Å². The minimum absolute atomic E-state index is 0. The van der Waals surface area contributed by atoms with Crippen molar-refractivity contribution in [2.24, 2.45) is 0 Å². The number of benzene rings is 1. The van der Waals surface area contributed by atoms with Crippen LogP contribution in [0, 0.1) is 0 Å². The van der Waals surface area contributed by atoms with Crippen molar-refractivity contribution in [3.05, 3.63) is 40.9 Å². The summed E-state index contributed by atoms with van der Waals surface area (Å²) >= 11 is 1.17. The van der Waals surface area contributed by atoms with E-state index in [0.29, 0.717) is 10.6 Å². The van der Waals surface area contributed by atoms with Crippen LogP contribution in [0.25, 0.3) is 10.6 Å². The van der Waals surface area contributed by atoms with Gasteiger partial charge in [0.25, 0.3) is 5.91 Å². The molecule has 3 rings (SSSR count). The van der Waals surface area contributed by atoms with Crippen LogP contribution >= 0.6 is 36.2 Å². The third-order valence-corrected chi connectivity index (χ3v) is 4.95. The molecule has 2 heterocycles. The molecule has 1 aromatic carbocycles. The summed E-state index contributed by atoms with van der Waals surface area (Å²) in [5.41, 5.74) is -0.0990. The molecule has 1 fully saturated rings. The SMILES string of the molecule is CN(C(=O)c1csc(-c2cccc(C(F)(F)F)c2)n1)C1CCNC1.Cl.Cl.